The number of fused-ring (bicyclic) bond motifs is 1. The van der Waals surface area contributed by atoms with Crippen molar-refractivity contribution in [2.75, 3.05) is 19.6 Å². The van der Waals surface area contributed by atoms with Gasteiger partial charge in [0, 0.05) is 25.6 Å². The monoisotopic (exact) mass is 270 g/mol. The van der Waals surface area contributed by atoms with Gasteiger partial charge in [0.1, 0.15) is 5.69 Å². The average Bonchev–Trinajstić information content (AvgIpc) is 2.72. The second kappa shape index (κ2) is 5.71. The third-order valence-corrected chi connectivity index (χ3v) is 3.58. The van der Waals surface area contributed by atoms with Crippen LogP contribution in [0.1, 0.15) is 41.4 Å². The SMILES string of the molecule is Cl.O=C1NCCCn2nc(C3CCCNC3)cc21. The highest BCUT2D eigenvalue weighted by Crippen LogP contribution is 2.23. The van der Waals surface area contributed by atoms with Gasteiger partial charge in [-0.1, -0.05) is 0 Å². The number of piperidine rings is 1. The van der Waals surface area contributed by atoms with Crippen molar-refractivity contribution in [3.63, 3.8) is 0 Å². The molecule has 1 amide bonds. The molecule has 1 aromatic rings. The first-order valence-corrected chi connectivity index (χ1v) is 6.41. The van der Waals surface area contributed by atoms with E-state index < -0.39 is 0 Å². The molecular formula is C12H19ClN4O. The molecule has 6 heteroatoms. The standard InChI is InChI=1S/C12H18N4O.ClH/c17-12-11-7-10(9-3-1-4-13-8-9)15-16(11)6-2-5-14-12;/h7,9,13H,1-6,8H2,(H,14,17);1H. The normalized spacial score (nSPS) is 23.6. The molecule has 1 saturated heterocycles. The minimum atomic E-state index is 0. The number of aryl methyl sites for hydroxylation is 1. The van der Waals surface area contributed by atoms with Crippen molar-refractivity contribution in [2.24, 2.45) is 0 Å². The highest BCUT2D eigenvalue weighted by molar-refractivity contribution is 5.92. The van der Waals surface area contributed by atoms with Gasteiger partial charge < -0.3 is 10.6 Å². The van der Waals surface area contributed by atoms with Crippen LogP contribution in [0.4, 0.5) is 0 Å². The molecule has 1 atom stereocenters. The van der Waals surface area contributed by atoms with Crippen molar-refractivity contribution in [3.05, 3.63) is 17.5 Å². The molecule has 100 valence electrons. The Labute approximate surface area is 113 Å². The Morgan fingerprint density at radius 2 is 2.22 bits per heavy atom. The van der Waals surface area contributed by atoms with Gasteiger partial charge in [-0.25, -0.2) is 0 Å². The fourth-order valence-electron chi connectivity index (χ4n) is 2.61. The van der Waals surface area contributed by atoms with Gasteiger partial charge in [-0.3, -0.25) is 9.48 Å². The molecule has 2 aliphatic heterocycles. The second-order valence-electron chi connectivity index (χ2n) is 4.83. The lowest BCUT2D eigenvalue weighted by molar-refractivity contribution is 0.0950. The van der Waals surface area contributed by atoms with E-state index in [1.807, 2.05) is 10.7 Å². The molecule has 0 aliphatic carbocycles. The molecule has 1 unspecified atom stereocenters. The predicted molar refractivity (Wildman–Crippen MR) is 71.3 cm³/mol. The quantitative estimate of drug-likeness (QED) is 0.797. The molecule has 18 heavy (non-hydrogen) atoms. The maximum absolute atomic E-state index is 11.8. The van der Waals surface area contributed by atoms with Crippen LogP contribution in [0.15, 0.2) is 6.07 Å². The van der Waals surface area contributed by atoms with Crippen LogP contribution in [0, 0.1) is 0 Å². The third kappa shape index (κ3) is 2.52. The number of amides is 1. The summed E-state index contributed by atoms with van der Waals surface area (Å²) < 4.78 is 1.87. The highest BCUT2D eigenvalue weighted by Gasteiger charge is 2.23. The first-order chi connectivity index (χ1) is 8.34. The van der Waals surface area contributed by atoms with Gasteiger partial charge in [0.25, 0.3) is 5.91 Å². The first-order valence-electron chi connectivity index (χ1n) is 6.41. The Morgan fingerprint density at radius 3 is 3.00 bits per heavy atom. The Morgan fingerprint density at radius 1 is 1.33 bits per heavy atom. The van der Waals surface area contributed by atoms with Crippen molar-refractivity contribution < 1.29 is 4.79 Å². The summed E-state index contributed by atoms with van der Waals surface area (Å²) in [5.41, 5.74) is 1.80. The number of hydrogen-bond acceptors (Lipinski definition) is 3. The van der Waals surface area contributed by atoms with Crippen LogP contribution in [0.25, 0.3) is 0 Å². The summed E-state index contributed by atoms with van der Waals surface area (Å²) in [5.74, 6) is 0.487. The number of aromatic nitrogens is 2. The molecular weight excluding hydrogens is 252 g/mol. The van der Waals surface area contributed by atoms with Crippen LogP contribution in [-0.4, -0.2) is 35.3 Å². The molecule has 3 heterocycles. The van der Waals surface area contributed by atoms with E-state index in [1.165, 1.54) is 12.8 Å². The number of rotatable bonds is 1. The predicted octanol–water partition coefficient (Wildman–Crippen LogP) is 0.905. The maximum Gasteiger partial charge on any atom is 0.269 e. The summed E-state index contributed by atoms with van der Waals surface area (Å²) in [6.07, 6.45) is 3.33. The number of carbonyl (C=O) groups excluding carboxylic acids is 1. The molecule has 2 N–H and O–H groups in total. The van der Waals surface area contributed by atoms with Crippen LogP contribution in [0.3, 0.4) is 0 Å². The number of carbonyl (C=O) groups is 1. The maximum atomic E-state index is 11.8. The molecule has 2 aliphatic rings. The Hall–Kier alpha value is -1.07. The Kier molecular flexibility index (Phi) is 4.24. The van der Waals surface area contributed by atoms with Gasteiger partial charge in [-0.05, 0) is 31.9 Å². The van der Waals surface area contributed by atoms with Crippen molar-refractivity contribution in [3.8, 4) is 0 Å². The van der Waals surface area contributed by atoms with Crippen LogP contribution in [0.5, 0.6) is 0 Å². The van der Waals surface area contributed by atoms with E-state index in [4.69, 9.17) is 0 Å². The fourth-order valence-corrected chi connectivity index (χ4v) is 2.61. The van der Waals surface area contributed by atoms with Crippen molar-refractivity contribution >= 4 is 18.3 Å². The zero-order valence-electron chi connectivity index (χ0n) is 10.3. The third-order valence-electron chi connectivity index (χ3n) is 3.58. The van der Waals surface area contributed by atoms with Gasteiger partial charge >= 0.3 is 0 Å². The number of hydrogen-bond donors (Lipinski definition) is 2. The summed E-state index contributed by atoms with van der Waals surface area (Å²) in [6.45, 7) is 3.68. The van der Waals surface area contributed by atoms with Gasteiger partial charge in [0.05, 0.1) is 5.69 Å². The van der Waals surface area contributed by atoms with Crippen LogP contribution in [-0.2, 0) is 6.54 Å². The van der Waals surface area contributed by atoms with Crippen LogP contribution >= 0.6 is 12.4 Å². The summed E-state index contributed by atoms with van der Waals surface area (Å²) in [7, 11) is 0. The van der Waals surface area contributed by atoms with E-state index in [9.17, 15) is 4.79 Å². The minimum Gasteiger partial charge on any atom is -0.351 e. The van der Waals surface area contributed by atoms with Crippen LogP contribution in [0.2, 0.25) is 0 Å². The molecule has 0 bridgehead atoms. The topological polar surface area (TPSA) is 59.0 Å². The molecule has 1 fully saturated rings. The zero-order chi connectivity index (χ0) is 11.7. The molecule has 1 aromatic heterocycles. The average molecular weight is 271 g/mol. The number of nitrogens with one attached hydrogen (secondary N) is 2. The first kappa shape index (κ1) is 13.4. The zero-order valence-corrected chi connectivity index (χ0v) is 11.1. The largest absolute Gasteiger partial charge is 0.351 e. The lowest BCUT2D eigenvalue weighted by Gasteiger charge is -2.20. The molecule has 0 radical (unpaired) electrons. The summed E-state index contributed by atoms with van der Waals surface area (Å²) >= 11 is 0. The van der Waals surface area contributed by atoms with Crippen molar-refractivity contribution in [1.29, 1.82) is 0 Å². The highest BCUT2D eigenvalue weighted by atomic mass is 35.5. The van der Waals surface area contributed by atoms with E-state index >= 15 is 0 Å². The minimum absolute atomic E-state index is 0. The summed E-state index contributed by atoms with van der Waals surface area (Å²) in [6, 6.07) is 1.97. The molecule has 0 saturated carbocycles. The lowest BCUT2D eigenvalue weighted by Crippen LogP contribution is -2.28. The van der Waals surface area contributed by atoms with E-state index in [0.29, 0.717) is 5.92 Å². The van der Waals surface area contributed by atoms with Crippen LogP contribution < -0.4 is 10.6 Å². The second-order valence-corrected chi connectivity index (χ2v) is 4.83. The number of nitrogens with zero attached hydrogens (tertiary/aromatic N) is 2. The van der Waals surface area contributed by atoms with Gasteiger partial charge in [0.2, 0.25) is 0 Å². The summed E-state index contributed by atoms with van der Waals surface area (Å²) in [5, 5.41) is 10.9. The molecule has 0 aromatic carbocycles. The Balaban J connectivity index is 0.00000120. The van der Waals surface area contributed by atoms with E-state index in [-0.39, 0.29) is 18.3 Å². The van der Waals surface area contributed by atoms with Gasteiger partial charge in [-0.2, -0.15) is 5.10 Å². The summed E-state index contributed by atoms with van der Waals surface area (Å²) in [4.78, 5) is 11.8. The van der Waals surface area contributed by atoms with E-state index in [2.05, 4.69) is 15.7 Å². The Bertz CT molecular complexity index is 426. The molecule has 0 spiro atoms. The fraction of sp³-hybridized carbons (Fsp3) is 0.667. The van der Waals surface area contributed by atoms with Crippen molar-refractivity contribution in [1.82, 2.24) is 20.4 Å². The van der Waals surface area contributed by atoms with E-state index in [1.54, 1.807) is 0 Å². The lowest BCUT2D eigenvalue weighted by atomic mass is 9.96. The van der Waals surface area contributed by atoms with Gasteiger partial charge in [0.15, 0.2) is 0 Å². The van der Waals surface area contributed by atoms with Gasteiger partial charge in [-0.15, -0.1) is 12.4 Å². The molecule has 3 rings (SSSR count). The van der Waals surface area contributed by atoms with Crippen molar-refractivity contribution in [2.45, 2.75) is 31.7 Å². The van der Waals surface area contributed by atoms with E-state index in [0.717, 1.165) is 44.0 Å². The number of halogens is 1. The smallest absolute Gasteiger partial charge is 0.269 e. The molecule has 5 nitrogen and oxygen atoms in total.